The van der Waals surface area contributed by atoms with Crippen LogP contribution in [-0.4, -0.2) is 29.2 Å². The van der Waals surface area contributed by atoms with Crippen LogP contribution in [0.2, 0.25) is 0 Å². The number of hydrazone groups is 1. The Morgan fingerprint density at radius 1 is 1.24 bits per heavy atom. The number of anilines is 1. The lowest BCUT2D eigenvalue weighted by atomic mass is 9.84. The molecule has 0 spiro atoms. The van der Waals surface area contributed by atoms with Gasteiger partial charge in [-0.05, 0) is 38.5 Å². The molecule has 9 nitrogen and oxygen atoms in total. The maximum atomic E-state index is 11.8. The Hall–Kier alpha value is -2.84. The van der Waals surface area contributed by atoms with Gasteiger partial charge in [0, 0.05) is 17.6 Å². The second-order valence-electron chi connectivity index (χ2n) is 7.16. The van der Waals surface area contributed by atoms with Crippen LogP contribution in [0.5, 0.6) is 0 Å². The van der Waals surface area contributed by atoms with E-state index in [4.69, 9.17) is 10.5 Å². The number of hydrogen-bond donors (Lipinski definition) is 3. The van der Waals surface area contributed by atoms with Gasteiger partial charge < -0.3 is 21.1 Å². The molecule has 0 saturated heterocycles. The first kappa shape index (κ1) is 20.2. The smallest absolute Gasteiger partial charge is 0.407 e. The molecule has 0 aromatic heterocycles. The Morgan fingerprint density at radius 2 is 1.80 bits per heavy atom. The lowest BCUT2D eigenvalue weighted by Crippen LogP contribution is -2.39. The monoisotopic (exact) mass is 351 g/mol. The van der Waals surface area contributed by atoms with Crippen LogP contribution in [0.1, 0.15) is 40.2 Å². The number of guanidine groups is 1. The Morgan fingerprint density at radius 3 is 2.28 bits per heavy atom. The van der Waals surface area contributed by atoms with E-state index in [1.165, 1.54) is 0 Å². The van der Waals surface area contributed by atoms with Gasteiger partial charge in [-0.1, -0.05) is 26.0 Å². The van der Waals surface area contributed by atoms with Crippen molar-refractivity contribution in [1.82, 2.24) is 5.32 Å². The molecule has 25 heavy (non-hydrogen) atoms. The van der Waals surface area contributed by atoms with Crippen molar-refractivity contribution in [2.45, 2.75) is 45.6 Å². The van der Waals surface area contributed by atoms with Crippen LogP contribution in [0.4, 0.5) is 10.5 Å². The summed E-state index contributed by atoms with van der Waals surface area (Å²) < 4.78 is 5.22. The SMILES string of the molecule is CC(C)(C)OC(=O)NCC(C)(C)c1ccc(NC(N)=N[N+](=O)[O-])cc1. The number of nitrogens with zero attached hydrogens (tertiary/aromatic N) is 2. The molecule has 138 valence electrons. The Bertz CT molecular complexity index is 647. The largest absolute Gasteiger partial charge is 0.444 e. The molecule has 0 atom stereocenters. The van der Waals surface area contributed by atoms with Gasteiger partial charge in [0.1, 0.15) is 10.7 Å². The third-order valence-electron chi connectivity index (χ3n) is 3.20. The number of nitrogens with one attached hydrogen (secondary N) is 2. The molecule has 0 radical (unpaired) electrons. The van der Waals surface area contributed by atoms with Crippen molar-refractivity contribution < 1.29 is 14.6 Å². The van der Waals surface area contributed by atoms with E-state index in [1.54, 1.807) is 32.9 Å². The molecule has 0 heterocycles. The maximum absolute atomic E-state index is 11.8. The van der Waals surface area contributed by atoms with Crippen molar-refractivity contribution in [3.05, 3.63) is 39.9 Å². The first-order chi connectivity index (χ1) is 11.4. The summed E-state index contributed by atoms with van der Waals surface area (Å²) >= 11 is 0. The van der Waals surface area contributed by atoms with Crippen molar-refractivity contribution in [2.24, 2.45) is 10.8 Å². The molecular weight excluding hydrogens is 326 g/mol. The highest BCUT2D eigenvalue weighted by Gasteiger charge is 2.23. The van der Waals surface area contributed by atoms with Crippen molar-refractivity contribution >= 4 is 17.7 Å². The van der Waals surface area contributed by atoms with Crippen LogP contribution < -0.4 is 16.4 Å². The molecule has 4 N–H and O–H groups in total. The minimum absolute atomic E-state index is 0.302. The molecule has 1 rings (SSSR count). The zero-order valence-electron chi connectivity index (χ0n) is 15.1. The zero-order valence-corrected chi connectivity index (χ0v) is 15.1. The maximum Gasteiger partial charge on any atom is 0.407 e. The third kappa shape index (κ3) is 7.51. The first-order valence-corrected chi connectivity index (χ1v) is 7.72. The van der Waals surface area contributed by atoms with Crippen molar-refractivity contribution in [3.8, 4) is 0 Å². The average molecular weight is 351 g/mol. The predicted octanol–water partition coefficient (Wildman–Crippen LogP) is 2.41. The van der Waals surface area contributed by atoms with Crippen LogP contribution in [-0.2, 0) is 10.2 Å². The summed E-state index contributed by atoms with van der Waals surface area (Å²) in [4.78, 5) is 22.0. The fourth-order valence-electron chi connectivity index (χ4n) is 1.97. The van der Waals surface area contributed by atoms with E-state index in [1.807, 2.05) is 26.0 Å². The Balaban J connectivity index is 2.70. The van der Waals surface area contributed by atoms with E-state index in [0.29, 0.717) is 12.2 Å². The number of hydrogen-bond acceptors (Lipinski definition) is 4. The van der Waals surface area contributed by atoms with Gasteiger partial charge in [-0.15, -0.1) is 0 Å². The van der Waals surface area contributed by atoms with Gasteiger partial charge >= 0.3 is 6.09 Å². The summed E-state index contributed by atoms with van der Waals surface area (Å²) in [5.74, 6) is -0.302. The number of carbonyl (C=O) groups is 1. The molecule has 0 aliphatic carbocycles. The normalized spacial score (nSPS) is 12.4. The highest BCUT2D eigenvalue weighted by molar-refractivity contribution is 5.91. The van der Waals surface area contributed by atoms with E-state index in [9.17, 15) is 14.9 Å². The summed E-state index contributed by atoms with van der Waals surface area (Å²) in [6.45, 7) is 9.76. The second kappa shape index (κ2) is 7.82. The number of benzene rings is 1. The van der Waals surface area contributed by atoms with Crippen LogP contribution in [0.3, 0.4) is 0 Å². The zero-order chi connectivity index (χ0) is 19.3. The summed E-state index contributed by atoms with van der Waals surface area (Å²) in [7, 11) is 0. The summed E-state index contributed by atoms with van der Waals surface area (Å²) in [5, 5.41) is 17.7. The molecular formula is C16H25N5O4. The topological polar surface area (TPSA) is 132 Å². The average Bonchev–Trinajstić information content (AvgIpc) is 2.43. The molecule has 0 aliphatic rings. The number of ether oxygens (including phenoxy) is 1. The molecule has 1 amide bonds. The van der Waals surface area contributed by atoms with Gasteiger partial charge in [0.15, 0.2) is 5.03 Å². The number of nitrogens with two attached hydrogens (primary N) is 1. The van der Waals surface area contributed by atoms with Gasteiger partial charge in [-0.2, -0.15) is 0 Å². The van der Waals surface area contributed by atoms with Gasteiger partial charge in [-0.3, -0.25) is 0 Å². The second-order valence-corrected chi connectivity index (χ2v) is 7.16. The van der Waals surface area contributed by atoms with Gasteiger partial charge in [0.2, 0.25) is 0 Å². The predicted molar refractivity (Wildman–Crippen MR) is 95.9 cm³/mol. The fourth-order valence-corrected chi connectivity index (χ4v) is 1.97. The fraction of sp³-hybridized carbons (Fsp3) is 0.500. The first-order valence-electron chi connectivity index (χ1n) is 7.72. The quantitative estimate of drug-likeness (QED) is 0.323. The van der Waals surface area contributed by atoms with Crippen LogP contribution in [0.15, 0.2) is 29.4 Å². The highest BCUT2D eigenvalue weighted by Crippen LogP contribution is 2.24. The number of alkyl carbamates (subject to hydrolysis) is 1. The molecule has 0 aliphatic heterocycles. The van der Waals surface area contributed by atoms with E-state index in [0.717, 1.165) is 5.56 Å². The van der Waals surface area contributed by atoms with Crippen molar-refractivity contribution in [1.29, 1.82) is 0 Å². The van der Waals surface area contributed by atoms with Crippen LogP contribution >= 0.6 is 0 Å². The standard InChI is InChI=1S/C16H25N5O4/c1-15(2,3)25-14(22)18-10-16(4,5)11-6-8-12(9-7-11)19-13(17)20-21(23)24/h6-9H,10H2,1-5H3,(H,18,22)(H3,17,19,20). The minimum Gasteiger partial charge on any atom is -0.444 e. The third-order valence-corrected chi connectivity index (χ3v) is 3.20. The Kier molecular flexibility index (Phi) is 6.32. The summed E-state index contributed by atoms with van der Waals surface area (Å²) in [6.07, 6.45) is -0.470. The number of rotatable bonds is 5. The van der Waals surface area contributed by atoms with Gasteiger partial charge in [0.05, 0.1) is 0 Å². The number of nitro groups is 1. The van der Waals surface area contributed by atoms with Crippen molar-refractivity contribution in [3.63, 3.8) is 0 Å². The van der Waals surface area contributed by atoms with Gasteiger partial charge in [-0.25, -0.2) is 14.9 Å². The van der Waals surface area contributed by atoms with E-state index in [2.05, 4.69) is 15.7 Å². The molecule has 0 fully saturated rings. The number of amides is 1. The lowest BCUT2D eigenvalue weighted by molar-refractivity contribution is -0.485. The molecule has 0 unspecified atom stereocenters. The van der Waals surface area contributed by atoms with E-state index < -0.39 is 16.7 Å². The van der Waals surface area contributed by atoms with E-state index in [-0.39, 0.29) is 11.4 Å². The minimum atomic E-state index is -0.873. The van der Waals surface area contributed by atoms with E-state index >= 15 is 0 Å². The molecule has 1 aromatic rings. The molecule has 1 aromatic carbocycles. The number of carbonyl (C=O) groups excluding carboxylic acids is 1. The molecule has 0 bridgehead atoms. The summed E-state index contributed by atoms with van der Waals surface area (Å²) in [5.41, 5.74) is 6.05. The lowest BCUT2D eigenvalue weighted by Gasteiger charge is -2.27. The van der Waals surface area contributed by atoms with Crippen LogP contribution in [0, 0.1) is 10.1 Å². The Labute approximate surface area is 146 Å². The van der Waals surface area contributed by atoms with Crippen molar-refractivity contribution in [2.75, 3.05) is 11.9 Å². The van der Waals surface area contributed by atoms with Gasteiger partial charge in [0.25, 0.3) is 5.96 Å². The molecule has 9 heteroatoms. The summed E-state index contributed by atoms with van der Waals surface area (Å²) in [6, 6.07) is 7.15. The van der Waals surface area contributed by atoms with Crippen LogP contribution in [0.25, 0.3) is 0 Å². The molecule has 0 saturated carbocycles. The highest BCUT2D eigenvalue weighted by atomic mass is 16.7.